The lowest BCUT2D eigenvalue weighted by molar-refractivity contribution is 0.149. The van der Waals surface area contributed by atoms with Crippen molar-refractivity contribution < 1.29 is 9.53 Å². The number of thioether (sulfide) groups is 1. The zero-order valence-corrected chi connectivity index (χ0v) is 12.7. The Labute approximate surface area is 128 Å². The van der Waals surface area contributed by atoms with E-state index in [0.717, 1.165) is 16.9 Å². The molecule has 0 saturated heterocycles. The first-order chi connectivity index (χ1) is 10.3. The van der Waals surface area contributed by atoms with E-state index in [4.69, 9.17) is 4.74 Å². The van der Waals surface area contributed by atoms with Crippen molar-refractivity contribution in [3.63, 3.8) is 0 Å². The maximum absolute atomic E-state index is 11.9. The molecule has 1 N–H and O–H groups in total. The molecule has 21 heavy (non-hydrogen) atoms. The average molecular weight is 299 g/mol. The molecule has 0 spiro atoms. The van der Waals surface area contributed by atoms with Gasteiger partial charge in [0, 0.05) is 10.6 Å². The minimum Gasteiger partial charge on any atom is -0.450 e. The summed E-state index contributed by atoms with van der Waals surface area (Å²) >= 11 is 1.80. The lowest BCUT2D eigenvalue weighted by Gasteiger charge is -2.21. The van der Waals surface area contributed by atoms with Gasteiger partial charge in [-0.15, -0.1) is 11.8 Å². The Bertz CT molecular complexity index is 609. The van der Waals surface area contributed by atoms with Crippen LogP contribution in [-0.4, -0.2) is 12.7 Å². The minimum atomic E-state index is -0.376. The van der Waals surface area contributed by atoms with Crippen molar-refractivity contribution in [2.24, 2.45) is 0 Å². The highest BCUT2D eigenvalue weighted by atomic mass is 32.2. The summed E-state index contributed by atoms with van der Waals surface area (Å²) in [5.74, 6) is 0.911. The molecule has 1 amide bonds. The van der Waals surface area contributed by atoms with Gasteiger partial charge in [0.05, 0.1) is 12.6 Å². The Morgan fingerprint density at radius 3 is 2.71 bits per heavy atom. The summed E-state index contributed by atoms with van der Waals surface area (Å²) in [5.41, 5.74) is 3.52. The lowest BCUT2D eigenvalue weighted by Crippen LogP contribution is -2.30. The predicted octanol–water partition coefficient (Wildman–Crippen LogP) is 4.13. The number of hydrogen-bond acceptors (Lipinski definition) is 3. The van der Waals surface area contributed by atoms with Crippen LogP contribution in [0.1, 0.15) is 29.7 Å². The van der Waals surface area contributed by atoms with Crippen LogP contribution in [-0.2, 0) is 10.5 Å². The van der Waals surface area contributed by atoms with Gasteiger partial charge in [0.25, 0.3) is 0 Å². The van der Waals surface area contributed by atoms with Crippen LogP contribution >= 0.6 is 11.8 Å². The number of amides is 1. The summed E-state index contributed by atoms with van der Waals surface area (Å²) in [5, 5.41) is 3.00. The molecular formula is C17H17NO2S. The number of carbonyl (C=O) groups excluding carboxylic acids is 1. The van der Waals surface area contributed by atoms with Gasteiger partial charge in [0.15, 0.2) is 0 Å². The zero-order chi connectivity index (χ0) is 14.7. The quantitative estimate of drug-likeness (QED) is 0.906. The van der Waals surface area contributed by atoms with E-state index in [9.17, 15) is 4.79 Å². The molecule has 0 aliphatic carbocycles. The second-order valence-corrected chi connectivity index (χ2v) is 5.84. The van der Waals surface area contributed by atoms with Crippen LogP contribution in [0.5, 0.6) is 0 Å². The van der Waals surface area contributed by atoms with E-state index in [1.807, 2.05) is 31.2 Å². The highest BCUT2D eigenvalue weighted by Crippen LogP contribution is 2.39. The Balaban J connectivity index is 2.04. The molecule has 0 fully saturated rings. The van der Waals surface area contributed by atoms with Gasteiger partial charge in [-0.25, -0.2) is 4.79 Å². The van der Waals surface area contributed by atoms with E-state index in [2.05, 4.69) is 29.6 Å². The van der Waals surface area contributed by atoms with E-state index >= 15 is 0 Å². The Hall–Kier alpha value is -1.94. The maximum Gasteiger partial charge on any atom is 0.407 e. The Kier molecular flexibility index (Phi) is 4.15. The van der Waals surface area contributed by atoms with Crippen molar-refractivity contribution in [2.45, 2.75) is 23.6 Å². The summed E-state index contributed by atoms with van der Waals surface area (Å²) in [6.45, 7) is 2.18. The first-order valence-corrected chi connectivity index (χ1v) is 8.01. The third-order valence-electron chi connectivity index (χ3n) is 3.52. The molecule has 1 aliphatic rings. The van der Waals surface area contributed by atoms with Crippen LogP contribution in [0.25, 0.3) is 0 Å². The first kappa shape index (κ1) is 14.0. The molecule has 108 valence electrons. The number of hydrogen-bond donors (Lipinski definition) is 1. The van der Waals surface area contributed by atoms with Crippen molar-refractivity contribution >= 4 is 17.9 Å². The number of rotatable bonds is 2. The van der Waals surface area contributed by atoms with Gasteiger partial charge in [-0.3, -0.25) is 0 Å². The zero-order valence-electron chi connectivity index (χ0n) is 11.8. The second-order valence-electron chi connectivity index (χ2n) is 4.82. The van der Waals surface area contributed by atoms with Gasteiger partial charge in [-0.05, 0) is 29.7 Å². The summed E-state index contributed by atoms with van der Waals surface area (Å²) in [4.78, 5) is 13.1. The average Bonchev–Trinajstić information content (AvgIpc) is 2.66. The summed E-state index contributed by atoms with van der Waals surface area (Å²) < 4.78 is 5.06. The van der Waals surface area contributed by atoms with Crippen LogP contribution in [0.2, 0.25) is 0 Å². The van der Waals surface area contributed by atoms with E-state index < -0.39 is 0 Å². The van der Waals surface area contributed by atoms with Gasteiger partial charge < -0.3 is 10.1 Å². The molecule has 0 radical (unpaired) electrons. The molecule has 0 bridgehead atoms. The number of benzene rings is 2. The van der Waals surface area contributed by atoms with Crippen molar-refractivity contribution in [3.8, 4) is 0 Å². The SMILES string of the molecule is CCOC(=O)NC1c2ccccc2CSc2ccccc21. The molecule has 1 atom stereocenters. The van der Waals surface area contributed by atoms with E-state index in [-0.39, 0.29) is 12.1 Å². The van der Waals surface area contributed by atoms with E-state index in [1.165, 1.54) is 10.5 Å². The standard InChI is InChI=1S/C17H17NO2S/c1-2-20-17(19)18-16-13-8-4-3-7-12(13)11-21-15-10-6-5-9-14(15)16/h3-10,16H,2,11H2,1H3,(H,18,19). The van der Waals surface area contributed by atoms with Gasteiger partial charge in [0.2, 0.25) is 0 Å². The lowest BCUT2D eigenvalue weighted by atomic mass is 9.95. The Morgan fingerprint density at radius 1 is 1.19 bits per heavy atom. The van der Waals surface area contributed by atoms with Gasteiger partial charge >= 0.3 is 6.09 Å². The van der Waals surface area contributed by atoms with Crippen molar-refractivity contribution in [3.05, 3.63) is 65.2 Å². The number of alkyl carbamates (subject to hydrolysis) is 1. The minimum absolute atomic E-state index is 0.161. The molecule has 3 rings (SSSR count). The van der Waals surface area contributed by atoms with Crippen LogP contribution in [0.4, 0.5) is 4.79 Å². The molecule has 4 heteroatoms. The molecule has 1 heterocycles. The predicted molar refractivity (Wildman–Crippen MR) is 84.4 cm³/mol. The molecule has 0 aromatic heterocycles. The first-order valence-electron chi connectivity index (χ1n) is 7.02. The van der Waals surface area contributed by atoms with Crippen molar-refractivity contribution in [1.82, 2.24) is 5.32 Å². The summed E-state index contributed by atoms with van der Waals surface area (Å²) in [6, 6.07) is 16.3. The van der Waals surface area contributed by atoms with Crippen LogP contribution in [0.3, 0.4) is 0 Å². The van der Waals surface area contributed by atoms with E-state index in [0.29, 0.717) is 6.61 Å². The maximum atomic E-state index is 11.9. The fourth-order valence-corrected chi connectivity index (χ4v) is 3.67. The fourth-order valence-electron chi connectivity index (χ4n) is 2.57. The third kappa shape index (κ3) is 2.90. The fraction of sp³-hybridized carbons (Fsp3) is 0.235. The normalized spacial score (nSPS) is 16.3. The van der Waals surface area contributed by atoms with Crippen molar-refractivity contribution in [1.29, 1.82) is 0 Å². The molecule has 1 unspecified atom stereocenters. The van der Waals surface area contributed by atoms with Gasteiger partial charge in [0.1, 0.15) is 0 Å². The Morgan fingerprint density at radius 2 is 1.90 bits per heavy atom. The molecule has 1 aliphatic heterocycles. The highest BCUT2D eigenvalue weighted by molar-refractivity contribution is 7.98. The van der Waals surface area contributed by atoms with Crippen LogP contribution < -0.4 is 5.32 Å². The second kappa shape index (κ2) is 6.22. The number of nitrogens with one attached hydrogen (secondary N) is 1. The monoisotopic (exact) mass is 299 g/mol. The third-order valence-corrected chi connectivity index (χ3v) is 4.66. The van der Waals surface area contributed by atoms with Crippen LogP contribution in [0.15, 0.2) is 53.4 Å². The van der Waals surface area contributed by atoms with Gasteiger partial charge in [-0.1, -0.05) is 42.5 Å². The summed E-state index contributed by atoms with van der Waals surface area (Å²) in [6.07, 6.45) is -0.376. The topological polar surface area (TPSA) is 38.3 Å². The summed E-state index contributed by atoms with van der Waals surface area (Å²) in [7, 11) is 0. The van der Waals surface area contributed by atoms with Crippen molar-refractivity contribution in [2.75, 3.05) is 6.61 Å². The number of carbonyl (C=O) groups is 1. The highest BCUT2D eigenvalue weighted by Gasteiger charge is 2.25. The van der Waals surface area contributed by atoms with E-state index in [1.54, 1.807) is 11.8 Å². The molecule has 2 aromatic carbocycles. The smallest absolute Gasteiger partial charge is 0.407 e. The van der Waals surface area contributed by atoms with Crippen LogP contribution in [0, 0.1) is 0 Å². The molecule has 3 nitrogen and oxygen atoms in total. The molecule has 2 aromatic rings. The van der Waals surface area contributed by atoms with Gasteiger partial charge in [-0.2, -0.15) is 0 Å². The molecular weight excluding hydrogens is 282 g/mol. The molecule has 0 saturated carbocycles. The number of fused-ring (bicyclic) bond motifs is 2. The number of ether oxygens (including phenoxy) is 1. The largest absolute Gasteiger partial charge is 0.450 e.